The lowest BCUT2D eigenvalue weighted by molar-refractivity contribution is -0.116. The van der Waals surface area contributed by atoms with Crippen molar-refractivity contribution in [2.45, 2.75) is 51.5 Å². The number of nitrogens with zero attached hydrogens (tertiary/aromatic N) is 4. The average Bonchev–Trinajstić information content (AvgIpc) is 3.49. The molecule has 3 N–H and O–H groups in total. The van der Waals surface area contributed by atoms with E-state index in [0.717, 1.165) is 54.6 Å². The van der Waals surface area contributed by atoms with Gasteiger partial charge in [-0.05, 0) is 37.4 Å². The highest BCUT2D eigenvalue weighted by Gasteiger charge is 2.35. The monoisotopic (exact) mass is 416 g/mol. The van der Waals surface area contributed by atoms with Crippen molar-refractivity contribution in [3.05, 3.63) is 35.7 Å². The molecule has 2 aliphatic heterocycles. The third kappa shape index (κ3) is 3.78. The quantitative estimate of drug-likeness (QED) is 0.509. The molecule has 159 valence electrons. The highest BCUT2D eigenvalue weighted by molar-refractivity contribution is 6.52. The zero-order chi connectivity index (χ0) is 21.4. The molecule has 1 unspecified atom stereocenters. The van der Waals surface area contributed by atoms with Crippen LogP contribution in [0.1, 0.15) is 43.4 Å². The Bertz CT molecular complexity index is 1120. The van der Waals surface area contributed by atoms with Crippen molar-refractivity contribution in [1.82, 2.24) is 25.1 Å². The number of hydrogen-bond donors (Lipinski definition) is 3. The van der Waals surface area contributed by atoms with E-state index in [4.69, 9.17) is 4.98 Å². The van der Waals surface area contributed by atoms with Gasteiger partial charge in [0.2, 0.25) is 11.9 Å². The molecule has 1 saturated heterocycles. The van der Waals surface area contributed by atoms with E-state index in [1.807, 2.05) is 37.1 Å². The van der Waals surface area contributed by atoms with E-state index in [2.05, 4.69) is 39.0 Å². The standard InChI is InChI=1S/C22H27BN7O/c1-3-9-30-12-16-19(18-15-10-13(23-2)6-7-17(15)26-21(18)31)27-22(28-20(16)29-30)25-11-14-5-4-8-24-14/h6-7,10,12,14,18,24H,3-5,8-9,11H2,1-2H3,(H,26,31)(H,25,28,29)/t14-,18?/m0/s1. The van der Waals surface area contributed by atoms with E-state index in [1.165, 1.54) is 6.42 Å². The van der Waals surface area contributed by atoms with Crippen molar-refractivity contribution >= 4 is 41.3 Å². The van der Waals surface area contributed by atoms with E-state index in [1.54, 1.807) is 0 Å². The Labute approximate surface area is 182 Å². The van der Waals surface area contributed by atoms with Crippen LogP contribution in [-0.2, 0) is 11.3 Å². The topological polar surface area (TPSA) is 96.8 Å². The number of rotatable bonds is 7. The minimum Gasteiger partial charge on any atom is -0.353 e. The van der Waals surface area contributed by atoms with Crippen molar-refractivity contribution in [3.63, 3.8) is 0 Å². The van der Waals surface area contributed by atoms with Gasteiger partial charge in [0.15, 0.2) is 5.65 Å². The lowest BCUT2D eigenvalue weighted by Crippen LogP contribution is -2.30. The van der Waals surface area contributed by atoms with Crippen LogP contribution in [0.3, 0.4) is 0 Å². The van der Waals surface area contributed by atoms with Gasteiger partial charge < -0.3 is 16.0 Å². The lowest BCUT2D eigenvalue weighted by Gasteiger charge is -2.14. The molecule has 0 spiro atoms. The van der Waals surface area contributed by atoms with Gasteiger partial charge in [-0.15, -0.1) is 0 Å². The fraction of sp³-hybridized carbons (Fsp3) is 0.455. The normalized spacial score (nSPS) is 20.1. The van der Waals surface area contributed by atoms with Gasteiger partial charge in [0.05, 0.1) is 11.1 Å². The maximum Gasteiger partial charge on any atom is 0.238 e. The Balaban J connectivity index is 1.58. The number of benzene rings is 1. The Morgan fingerprint density at radius 2 is 2.23 bits per heavy atom. The summed E-state index contributed by atoms with van der Waals surface area (Å²) in [6.07, 6.45) is 5.27. The number of amides is 1. The van der Waals surface area contributed by atoms with E-state index < -0.39 is 5.92 Å². The van der Waals surface area contributed by atoms with Crippen LogP contribution in [0, 0.1) is 0 Å². The fourth-order valence-electron chi connectivity index (χ4n) is 4.49. The molecule has 5 rings (SSSR count). The molecule has 1 fully saturated rings. The molecule has 0 aliphatic carbocycles. The maximum atomic E-state index is 13.0. The predicted octanol–water partition coefficient (Wildman–Crippen LogP) is 1.86. The van der Waals surface area contributed by atoms with Crippen LogP contribution in [0.2, 0.25) is 6.82 Å². The highest BCUT2D eigenvalue weighted by atomic mass is 16.2. The fourth-order valence-corrected chi connectivity index (χ4v) is 4.49. The van der Waals surface area contributed by atoms with Crippen LogP contribution in [0.4, 0.5) is 11.6 Å². The Hall–Kier alpha value is -2.94. The summed E-state index contributed by atoms with van der Waals surface area (Å²) in [5.74, 6) is -0.0165. The first-order valence-electron chi connectivity index (χ1n) is 11.1. The molecule has 2 atom stereocenters. The molecule has 3 aromatic rings. The van der Waals surface area contributed by atoms with Crippen LogP contribution in [-0.4, -0.2) is 52.1 Å². The van der Waals surface area contributed by atoms with Crippen molar-refractivity contribution in [1.29, 1.82) is 0 Å². The molecular weight excluding hydrogens is 389 g/mol. The summed E-state index contributed by atoms with van der Waals surface area (Å²) in [5, 5.41) is 15.4. The first-order chi connectivity index (χ1) is 15.2. The third-order valence-electron chi connectivity index (χ3n) is 6.09. The van der Waals surface area contributed by atoms with Crippen LogP contribution in [0.15, 0.2) is 24.4 Å². The van der Waals surface area contributed by atoms with Crippen molar-refractivity contribution in [2.75, 3.05) is 23.7 Å². The molecule has 0 saturated carbocycles. The highest BCUT2D eigenvalue weighted by Crippen LogP contribution is 2.38. The van der Waals surface area contributed by atoms with Gasteiger partial charge in [-0.1, -0.05) is 31.3 Å². The van der Waals surface area contributed by atoms with Gasteiger partial charge in [0.25, 0.3) is 0 Å². The van der Waals surface area contributed by atoms with Crippen LogP contribution >= 0.6 is 0 Å². The molecular formula is C22H27BN7O. The van der Waals surface area contributed by atoms with Gasteiger partial charge >= 0.3 is 0 Å². The first kappa shape index (κ1) is 20.0. The third-order valence-corrected chi connectivity index (χ3v) is 6.09. The molecule has 8 nitrogen and oxygen atoms in total. The van der Waals surface area contributed by atoms with Crippen molar-refractivity contribution in [2.24, 2.45) is 0 Å². The van der Waals surface area contributed by atoms with Crippen LogP contribution in [0.5, 0.6) is 0 Å². The number of carbonyl (C=O) groups excluding carboxylic acids is 1. The van der Waals surface area contributed by atoms with Gasteiger partial charge in [0.1, 0.15) is 13.2 Å². The first-order valence-corrected chi connectivity index (χ1v) is 11.1. The van der Waals surface area contributed by atoms with E-state index in [9.17, 15) is 4.79 Å². The van der Waals surface area contributed by atoms with Gasteiger partial charge in [-0.25, -0.2) is 4.98 Å². The second-order valence-electron chi connectivity index (χ2n) is 8.29. The predicted molar refractivity (Wildman–Crippen MR) is 123 cm³/mol. The Morgan fingerprint density at radius 1 is 1.32 bits per heavy atom. The largest absolute Gasteiger partial charge is 0.353 e. The summed E-state index contributed by atoms with van der Waals surface area (Å²) in [4.78, 5) is 22.6. The van der Waals surface area contributed by atoms with Crippen molar-refractivity contribution < 1.29 is 4.79 Å². The summed E-state index contributed by atoms with van der Waals surface area (Å²) in [6.45, 7) is 6.71. The number of fused-ring (bicyclic) bond motifs is 2. The van der Waals surface area contributed by atoms with Gasteiger partial charge in [-0.3, -0.25) is 9.48 Å². The van der Waals surface area contributed by atoms with Crippen molar-refractivity contribution in [3.8, 4) is 0 Å². The van der Waals surface area contributed by atoms with Gasteiger partial charge in [0, 0.05) is 31.0 Å². The molecule has 1 amide bonds. The van der Waals surface area contributed by atoms with E-state index >= 15 is 0 Å². The number of aromatic nitrogens is 4. The second kappa shape index (κ2) is 8.30. The van der Waals surface area contributed by atoms with Gasteiger partial charge in [-0.2, -0.15) is 10.1 Å². The Morgan fingerprint density at radius 3 is 3.00 bits per heavy atom. The lowest BCUT2D eigenvalue weighted by atomic mass is 9.72. The number of anilines is 2. The second-order valence-corrected chi connectivity index (χ2v) is 8.29. The summed E-state index contributed by atoms with van der Waals surface area (Å²) in [7, 11) is 2.04. The molecule has 0 bridgehead atoms. The Kier molecular flexibility index (Phi) is 5.35. The zero-order valence-corrected chi connectivity index (χ0v) is 18.0. The average molecular weight is 416 g/mol. The smallest absolute Gasteiger partial charge is 0.238 e. The molecule has 1 aromatic carbocycles. The zero-order valence-electron chi connectivity index (χ0n) is 18.0. The SMILES string of the molecule is C[B]c1ccc2c(c1)C(c1nc(NC[C@@H]3CCCN3)nc3nn(CCC)cc13)C(=O)N2. The minimum atomic E-state index is -0.482. The summed E-state index contributed by atoms with van der Waals surface area (Å²) in [5.41, 5.74) is 4.21. The maximum absolute atomic E-state index is 13.0. The summed E-state index contributed by atoms with van der Waals surface area (Å²) in [6, 6.07) is 6.46. The molecule has 1 radical (unpaired) electrons. The minimum absolute atomic E-state index is 0.0603. The van der Waals surface area contributed by atoms with Crippen LogP contribution < -0.4 is 21.4 Å². The van der Waals surface area contributed by atoms with E-state index in [-0.39, 0.29) is 5.91 Å². The van der Waals surface area contributed by atoms with Crippen LogP contribution in [0.25, 0.3) is 11.0 Å². The molecule has 4 heterocycles. The van der Waals surface area contributed by atoms with E-state index in [0.29, 0.717) is 23.3 Å². The number of carbonyl (C=O) groups is 1. The summed E-state index contributed by atoms with van der Waals surface area (Å²) >= 11 is 0. The molecule has 9 heteroatoms. The number of hydrogen-bond acceptors (Lipinski definition) is 6. The molecule has 2 aliphatic rings. The number of nitrogens with one attached hydrogen (secondary N) is 3. The summed E-state index contributed by atoms with van der Waals surface area (Å²) < 4.78 is 1.90. The number of aryl methyl sites for hydroxylation is 1. The molecule has 31 heavy (non-hydrogen) atoms. The molecule has 2 aromatic heterocycles.